The first-order chi connectivity index (χ1) is 12.7. The highest BCUT2D eigenvalue weighted by molar-refractivity contribution is 5.69. The van der Waals surface area contributed by atoms with Crippen molar-refractivity contribution >= 4 is 6.09 Å². The Morgan fingerprint density at radius 2 is 1.67 bits per heavy atom. The van der Waals surface area contributed by atoms with E-state index in [9.17, 15) is 9.90 Å². The normalized spacial score (nSPS) is 28.1. The Bertz CT molecular complexity index is 469. The molecule has 4 nitrogen and oxygen atoms in total. The lowest BCUT2D eigenvalue weighted by Gasteiger charge is -2.51. The highest BCUT2D eigenvalue weighted by Crippen LogP contribution is 2.42. The van der Waals surface area contributed by atoms with E-state index in [0.717, 1.165) is 38.5 Å². The van der Waals surface area contributed by atoms with Gasteiger partial charge in [0.2, 0.25) is 0 Å². The summed E-state index contributed by atoms with van der Waals surface area (Å²) in [5.74, 6) is 0. The van der Waals surface area contributed by atoms with Crippen molar-refractivity contribution in [3.8, 4) is 0 Å². The summed E-state index contributed by atoms with van der Waals surface area (Å²) in [5.41, 5.74) is -1.07. The zero-order valence-electron chi connectivity index (χ0n) is 17.8. The number of ether oxygens (including phenoxy) is 1. The Morgan fingerprint density at radius 1 is 1.11 bits per heavy atom. The number of allylic oxidation sites excluding steroid dienone is 1. The summed E-state index contributed by atoms with van der Waals surface area (Å²) >= 11 is 0. The van der Waals surface area contributed by atoms with Crippen molar-refractivity contribution in [2.75, 3.05) is 0 Å². The van der Waals surface area contributed by atoms with Crippen LogP contribution in [0.15, 0.2) is 12.7 Å². The van der Waals surface area contributed by atoms with Gasteiger partial charge in [-0.15, -0.1) is 6.58 Å². The summed E-state index contributed by atoms with van der Waals surface area (Å²) in [7, 11) is 0. The van der Waals surface area contributed by atoms with Crippen molar-refractivity contribution in [1.29, 1.82) is 0 Å². The maximum atomic E-state index is 12.7. The molecule has 0 aliphatic carbocycles. The quantitative estimate of drug-likeness (QED) is 0.396. The van der Waals surface area contributed by atoms with Crippen LogP contribution in [0.25, 0.3) is 0 Å². The minimum Gasteiger partial charge on any atom is -0.444 e. The third-order valence-electron chi connectivity index (χ3n) is 6.00. The van der Waals surface area contributed by atoms with Gasteiger partial charge >= 0.3 is 6.09 Å². The van der Waals surface area contributed by atoms with E-state index in [-0.39, 0.29) is 18.2 Å². The average molecular weight is 380 g/mol. The molecule has 2 bridgehead atoms. The van der Waals surface area contributed by atoms with Gasteiger partial charge in [-0.3, -0.25) is 0 Å². The molecule has 1 amide bonds. The van der Waals surface area contributed by atoms with E-state index in [1.807, 2.05) is 31.7 Å². The third kappa shape index (κ3) is 7.14. The van der Waals surface area contributed by atoms with Crippen molar-refractivity contribution in [2.24, 2.45) is 0 Å². The number of nitrogens with zero attached hydrogens (tertiary/aromatic N) is 1. The lowest BCUT2D eigenvalue weighted by molar-refractivity contribution is -0.0965. The summed E-state index contributed by atoms with van der Waals surface area (Å²) in [5, 5.41) is 11.2. The van der Waals surface area contributed by atoms with Crippen LogP contribution in [0, 0.1) is 0 Å². The molecule has 4 heteroatoms. The van der Waals surface area contributed by atoms with E-state index >= 15 is 0 Å². The highest BCUT2D eigenvalue weighted by Gasteiger charge is 2.47. The van der Waals surface area contributed by atoms with Crippen LogP contribution < -0.4 is 0 Å². The molecule has 2 rings (SSSR count). The van der Waals surface area contributed by atoms with Gasteiger partial charge in [-0.25, -0.2) is 4.79 Å². The largest absolute Gasteiger partial charge is 0.444 e. The number of amides is 1. The fourth-order valence-electron chi connectivity index (χ4n) is 4.79. The minimum atomic E-state index is -0.600. The van der Waals surface area contributed by atoms with Gasteiger partial charge in [0.05, 0.1) is 5.60 Å². The van der Waals surface area contributed by atoms with E-state index in [2.05, 4.69) is 6.58 Å². The Balaban J connectivity index is 1.78. The molecule has 0 saturated carbocycles. The Hall–Kier alpha value is -1.03. The molecule has 27 heavy (non-hydrogen) atoms. The number of aliphatic hydroxyl groups is 1. The number of fused-ring (bicyclic) bond motifs is 2. The van der Waals surface area contributed by atoms with E-state index in [0.29, 0.717) is 12.8 Å². The molecule has 2 saturated heterocycles. The van der Waals surface area contributed by atoms with E-state index in [4.69, 9.17) is 4.74 Å². The predicted molar refractivity (Wildman–Crippen MR) is 111 cm³/mol. The van der Waals surface area contributed by atoms with Crippen LogP contribution in [-0.2, 0) is 4.74 Å². The molecule has 0 aromatic rings. The number of hydrogen-bond donors (Lipinski definition) is 1. The zero-order chi connectivity index (χ0) is 19.9. The standard InChI is InChI=1S/C23H41NO3/c1-5-6-7-8-9-10-11-12-16-23(26)17-19-14-13-15-20(18-23)24(19)21(25)27-22(2,3)4/h5,19-20,26H,1,6-18H2,2-4H3. The third-order valence-corrected chi connectivity index (χ3v) is 6.00. The highest BCUT2D eigenvalue weighted by atomic mass is 16.6. The second-order valence-electron chi connectivity index (χ2n) is 9.71. The number of unbranched alkanes of at least 4 members (excludes halogenated alkanes) is 6. The van der Waals surface area contributed by atoms with Crippen LogP contribution in [0.3, 0.4) is 0 Å². The molecule has 2 aliphatic rings. The van der Waals surface area contributed by atoms with Gasteiger partial charge in [0.15, 0.2) is 0 Å². The number of hydrogen-bond acceptors (Lipinski definition) is 3. The lowest BCUT2D eigenvalue weighted by atomic mass is 9.73. The maximum absolute atomic E-state index is 12.7. The number of carbonyl (C=O) groups is 1. The van der Waals surface area contributed by atoms with Gasteiger partial charge in [-0.1, -0.05) is 38.2 Å². The molecule has 0 aromatic carbocycles. The van der Waals surface area contributed by atoms with Gasteiger partial charge in [-0.05, 0) is 72.1 Å². The van der Waals surface area contributed by atoms with Gasteiger partial charge < -0.3 is 14.7 Å². The Kier molecular flexibility index (Phi) is 8.20. The molecular formula is C23H41NO3. The average Bonchev–Trinajstić information content (AvgIpc) is 2.55. The minimum absolute atomic E-state index is 0.135. The molecule has 0 aromatic heterocycles. The summed E-state index contributed by atoms with van der Waals surface area (Å²) in [6.45, 7) is 9.51. The molecule has 2 aliphatic heterocycles. The Labute approximate surface area is 166 Å². The van der Waals surface area contributed by atoms with Crippen LogP contribution >= 0.6 is 0 Å². The Morgan fingerprint density at radius 3 is 2.22 bits per heavy atom. The second-order valence-corrected chi connectivity index (χ2v) is 9.71. The first-order valence-electron chi connectivity index (χ1n) is 11.1. The maximum Gasteiger partial charge on any atom is 0.410 e. The van der Waals surface area contributed by atoms with Crippen LogP contribution in [0.4, 0.5) is 4.79 Å². The topological polar surface area (TPSA) is 49.8 Å². The monoisotopic (exact) mass is 379 g/mol. The fourth-order valence-corrected chi connectivity index (χ4v) is 4.79. The summed E-state index contributed by atoms with van der Waals surface area (Å²) in [4.78, 5) is 14.6. The van der Waals surface area contributed by atoms with Crippen molar-refractivity contribution in [3.63, 3.8) is 0 Å². The second kappa shape index (κ2) is 9.95. The lowest BCUT2D eigenvalue weighted by Crippen LogP contribution is -2.60. The van der Waals surface area contributed by atoms with E-state index in [1.165, 1.54) is 32.1 Å². The number of carbonyl (C=O) groups excluding carboxylic acids is 1. The van der Waals surface area contributed by atoms with Crippen molar-refractivity contribution in [2.45, 2.75) is 128 Å². The molecular weight excluding hydrogens is 338 g/mol. The molecule has 2 atom stereocenters. The molecule has 0 spiro atoms. The molecule has 2 unspecified atom stereocenters. The molecule has 2 fully saturated rings. The zero-order valence-corrected chi connectivity index (χ0v) is 17.8. The summed E-state index contributed by atoms with van der Waals surface area (Å²) in [6.07, 6.45) is 15.7. The predicted octanol–water partition coefficient (Wildman–Crippen LogP) is 5.98. The number of rotatable bonds is 9. The van der Waals surface area contributed by atoms with Crippen molar-refractivity contribution in [3.05, 3.63) is 12.7 Å². The van der Waals surface area contributed by atoms with Gasteiger partial charge in [0.1, 0.15) is 5.60 Å². The van der Waals surface area contributed by atoms with Crippen LogP contribution in [-0.4, -0.2) is 39.4 Å². The summed E-state index contributed by atoms with van der Waals surface area (Å²) < 4.78 is 5.63. The number of piperidine rings is 2. The van der Waals surface area contributed by atoms with Gasteiger partial charge in [0, 0.05) is 12.1 Å². The van der Waals surface area contributed by atoms with E-state index in [1.54, 1.807) is 0 Å². The van der Waals surface area contributed by atoms with Crippen LogP contribution in [0.1, 0.15) is 104 Å². The summed E-state index contributed by atoms with van der Waals surface area (Å²) in [6, 6.07) is 0.271. The first-order valence-corrected chi connectivity index (χ1v) is 11.1. The van der Waals surface area contributed by atoms with Crippen LogP contribution in [0.5, 0.6) is 0 Å². The smallest absolute Gasteiger partial charge is 0.410 e. The first kappa shape index (κ1) is 22.3. The molecule has 1 N–H and O–H groups in total. The SMILES string of the molecule is C=CCCCCCCCCC1(O)CC2CCCC(C1)N2C(=O)OC(C)(C)C. The molecule has 156 valence electrons. The van der Waals surface area contributed by atoms with E-state index < -0.39 is 11.2 Å². The molecule has 2 heterocycles. The van der Waals surface area contributed by atoms with Crippen molar-refractivity contribution in [1.82, 2.24) is 4.90 Å². The fraction of sp³-hybridized carbons (Fsp3) is 0.870. The molecule has 0 radical (unpaired) electrons. The van der Waals surface area contributed by atoms with Gasteiger partial charge in [0.25, 0.3) is 0 Å². The van der Waals surface area contributed by atoms with Crippen LogP contribution in [0.2, 0.25) is 0 Å². The van der Waals surface area contributed by atoms with Crippen molar-refractivity contribution < 1.29 is 14.6 Å². The van der Waals surface area contributed by atoms with Gasteiger partial charge in [-0.2, -0.15) is 0 Å².